The van der Waals surface area contributed by atoms with Crippen LogP contribution in [-0.4, -0.2) is 75.7 Å². The maximum atomic E-state index is 13.0. The van der Waals surface area contributed by atoms with Crippen LogP contribution in [0.25, 0.3) is 0 Å². The molecular weight excluding hydrogens is 615 g/mol. The molecule has 0 atom stereocenters. The van der Waals surface area contributed by atoms with Crippen LogP contribution in [0.1, 0.15) is 78.7 Å². The molecule has 2 N–H and O–H groups in total. The predicted molar refractivity (Wildman–Crippen MR) is 166 cm³/mol. The first-order valence-electron chi connectivity index (χ1n) is 16.0. The van der Waals surface area contributed by atoms with Gasteiger partial charge in [-0.15, -0.1) is 0 Å². The summed E-state index contributed by atoms with van der Waals surface area (Å²) in [5.41, 5.74) is 2.01. The number of alkyl halides is 3. The lowest BCUT2D eigenvalue weighted by Crippen LogP contribution is -2.28. The highest BCUT2D eigenvalue weighted by molar-refractivity contribution is 5.96. The van der Waals surface area contributed by atoms with Gasteiger partial charge in [-0.3, -0.25) is 4.79 Å². The number of ether oxygens (including phenoxy) is 2. The molecule has 0 bridgehead atoms. The third-order valence-electron chi connectivity index (χ3n) is 9.13. The van der Waals surface area contributed by atoms with Gasteiger partial charge in [-0.25, -0.2) is 4.79 Å². The molecule has 1 saturated heterocycles. The molecule has 0 radical (unpaired) electrons. The number of carbonyl (C=O) groups is 2. The highest BCUT2D eigenvalue weighted by Crippen LogP contribution is 2.51. The number of nitrogens with one attached hydrogen (secondary N) is 1. The molecular formula is C34H38F3N5O5. The van der Waals surface area contributed by atoms with Crippen LogP contribution in [0.3, 0.4) is 0 Å². The Hall–Kier alpha value is -4.26. The van der Waals surface area contributed by atoms with E-state index >= 15 is 0 Å². The number of aliphatic carboxylic acids is 1. The Kier molecular flexibility index (Phi) is 9.36. The van der Waals surface area contributed by atoms with E-state index in [2.05, 4.69) is 25.2 Å². The molecule has 3 aromatic rings. The first kappa shape index (κ1) is 32.7. The summed E-state index contributed by atoms with van der Waals surface area (Å²) >= 11 is 0. The molecule has 6 rings (SSSR count). The standard InChI is InChI=1S/C34H38F3N5O5/c35-34(36,37)22-47-31-39-28(38-30(40-31)41-33(15-16-33)25-7-9-26(10-8-25)46-20-29(44)45)19-23-3-5-24(6-4-23)27(43)11-12-32(13-14-32)21-42-17-1-2-18-42/h3-10H,1-2,11-22H2,(H,44,45)(H,38,39,40,41). The van der Waals surface area contributed by atoms with Gasteiger partial charge in [-0.2, -0.15) is 28.1 Å². The van der Waals surface area contributed by atoms with Gasteiger partial charge in [0.05, 0.1) is 5.54 Å². The second-order valence-corrected chi connectivity index (χ2v) is 13.0. The van der Waals surface area contributed by atoms with E-state index in [1.54, 1.807) is 36.4 Å². The summed E-state index contributed by atoms with van der Waals surface area (Å²) in [6.07, 6.45) is 3.35. The van der Waals surface area contributed by atoms with Crippen LogP contribution < -0.4 is 14.8 Å². The highest BCUT2D eigenvalue weighted by atomic mass is 19.4. The third kappa shape index (κ3) is 8.97. The summed E-state index contributed by atoms with van der Waals surface area (Å²) in [7, 11) is 0. The molecule has 2 aliphatic carbocycles. The smallest absolute Gasteiger partial charge is 0.422 e. The molecule has 47 heavy (non-hydrogen) atoms. The topological polar surface area (TPSA) is 127 Å². The normalized spacial score (nSPS) is 18.0. The number of carbonyl (C=O) groups excluding carboxylic acids is 1. The first-order chi connectivity index (χ1) is 22.5. The summed E-state index contributed by atoms with van der Waals surface area (Å²) in [4.78, 5) is 39.1. The quantitative estimate of drug-likeness (QED) is 0.183. The van der Waals surface area contributed by atoms with E-state index in [0.29, 0.717) is 17.7 Å². The molecule has 250 valence electrons. The maximum Gasteiger partial charge on any atom is 0.422 e. The van der Waals surface area contributed by atoms with Gasteiger partial charge >= 0.3 is 18.2 Å². The zero-order valence-electron chi connectivity index (χ0n) is 26.0. The predicted octanol–water partition coefficient (Wildman–Crippen LogP) is 5.81. The number of carboxylic acid groups (broad SMARTS) is 1. The second kappa shape index (κ2) is 13.5. The van der Waals surface area contributed by atoms with Gasteiger partial charge in [0.15, 0.2) is 19.0 Å². The number of Topliss-reactive ketones (excluding diaryl/α,β-unsaturated/α-hetero) is 1. The van der Waals surface area contributed by atoms with E-state index in [4.69, 9.17) is 14.6 Å². The number of rotatable bonds is 16. The number of carboxylic acids is 1. The van der Waals surface area contributed by atoms with E-state index < -0.39 is 36.9 Å². The van der Waals surface area contributed by atoms with Crippen LogP contribution in [0.2, 0.25) is 0 Å². The van der Waals surface area contributed by atoms with Crippen molar-refractivity contribution in [3.63, 3.8) is 0 Å². The number of aromatic nitrogens is 3. The number of benzene rings is 2. The molecule has 2 aromatic carbocycles. The van der Waals surface area contributed by atoms with Crippen molar-refractivity contribution < 1.29 is 37.3 Å². The zero-order chi connectivity index (χ0) is 33.1. The van der Waals surface area contributed by atoms with Crippen LogP contribution in [0.5, 0.6) is 11.8 Å². The van der Waals surface area contributed by atoms with Crippen LogP contribution >= 0.6 is 0 Å². The van der Waals surface area contributed by atoms with E-state index in [1.807, 2.05) is 12.1 Å². The van der Waals surface area contributed by atoms with Crippen molar-refractivity contribution in [3.05, 3.63) is 71.0 Å². The minimum absolute atomic E-state index is 0.0746. The van der Waals surface area contributed by atoms with E-state index in [9.17, 15) is 22.8 Å². The van der Waals surface area contributed by atoms with Crippen molar-refractivity contribution in [2.45, 2.75) is 69.5 Å². The van der Waals surface area contributed by atoms with Crippen LogP contribution in [-0.2, 0) is 16.8 Å². The van der Waals surface area contributed by atoms with Gasteiger partial charge in [0.2, 0.25) is 5.95 Å². The highest BCUT2D eigenvalue weighted by Gasteiger charge is 2.45. The Morgan fingerprint density at radius 3 is 2.23 bits per heavy atom. The molecule has 3 fully saturated rings. The van der Waals surface area contributed by atoms with Crippen molar-refractivity contribution in [1.29, 1.82) is 0 Å². The van der Waals surface area contributed by atoms with Gasteiger partial charge in [0.1, 0.15) is 11.6 Å². The fourth-order valence-corrected chi connectivity index (χ4v) is 6.18. The fourth-order valence-electron chi connectivity index (χ4n) is 6.18. The summed E-state index contributed by atoms with van der Waals surface area (Å²) < 4.78 is 49.0. The van der Waals surface area contributed by atoms with Gasteiger partial charge in [-0.05, 0) is 86.7 Å². The average molecular weight is 654 g/mol. The van der Waals surface area contributed by atoms with E-state index in [1.165, 1.54) is 25.7 Å². The van der Waals surface area contributed by atoms with Gasteiger partial charge in [0, 0.05) is 24.9 Å². The summed E-state index contributed by atoms with van der Waals surface area (Å²) in [5, 5.41) is 12.1. The molecule has 0 spiro atoms. The number of halogens is 3. The lowest BCUT2D eigenvalue weighted by Gasteiger charge is -2.22. The molecule has 1 aromatic heterocycles. The Bertz CT molecular complexity index is 1570. The lowest BCUT2D eigenvalue weighted by molar-refractivity contribution is -0.154. The van der Waals surface area contributed by atoms with Crippen LogP contribution in [0.4, 0.5) is 19.1 Å². The van der Waals surface area contributed by atoms with Crippen molar-refractivity contribution >= 4 is 17.7 Å². The Morgan fingerprint density at radius 1 is 0.915 bits per heavy atom. The van der Waals surface area contributed by atoms with Crippen LogP contribution in [0.15, 0.2) is 48.5 Å². The summed E-state index contributed by atoms with van der Waals surface area (Å²) in [6.45, 7) is 1.40. The largest absolute Gasteiger partial charge is 0.482 e. The molecule has 2 saturated carbocycles. The van der Waals surface area contributed by atoms with Gasteiger partial charge < -0.3 is 24.8 Å². The van der Waals surface area contributed by atoms with Gasteiger partial charge in [-0.1, -0.05) is 36.4 Å². The number of likely N-dealkylation sites (tertiary alicyclic amines) is 1. The molecule has 10 nitrogen and oxygen atoms in total. The van der Waals surface area contributed by atoms with E-state index in [0.717, 1.165) is 50.0 Å². The molecule has 2 heterocycles. The van der Waals surface area contributed by atoms with Crippen molar-refractivity contribution in [1.82, 2.24) is 19.9 Å². The number of hydrogen-bond donors (Lipinski definition) is 2. The summed E-state index contributed by atoms with van der Waals surface area (Å²) in [5.74, 6) is -0.294. The average Bonchev–Trinajstić information content (AvgIpc) is 3.94. The molecule has 1 aliphatic heterocycles. The third-order valence-corrected chi connectivity index (χ3v) is 9.13. The van der Waals surface area contributed by atoms with Crippen molar-refractivity contribution in [2.24, 2.45) is 5.41 Å². The van der Waals surface area contributed by atoms with E-state index in [-0.39, 0.29) is 29.4 Å². The van der Waals surface area contributed by atoms with Gasteiger partial charge in [0.25, 0.3) is 0 Å². The minimum atomic E-state index is -4.57. The van der Waals surface area contributed by atoms with Crippen LogP contribution in [0, 0.1) is 5.41 Å². The molecule has 3 aliphatic rings. The Balaban J connectivity index is 1.11. The summed E-state index contributed by atoms with van der Waals surface area (Å²) in [6, 6.07) is 13.6. The molecule has 13 heteroatoms. The zero-order valence-corrected chi connectivity index (χ0v) is 26.0. The number of ketones is 1. The Labute approximate surface area is 270 Å². The van der Waals surface area contributed by atoms with Crippen molar-refractivity contribution in [3.8, 4) is 11.8 Å². The second-order valence-electron chi connectivity index (χ2n) is 13.0. The van der Waals surface area contributed by atoms with Crippen molar-refractivity contribution in [2.75, 3.05) is 38.2 Å². The monoisotopic (exact) mass is 653 g/mol. The number of nitrogens with zero attached hydrogens (tertiary/aromatic N) is 4. The fraction of sp³-hybridized carbons (Fsp3) is 0.500. The first-order valence-corrected chi connectivity index (χ1v) is 16.0. The lowest BCUT2D eigenvalue weighted by atomic mass is 9.95. The Morgan fingerprint density at radius 2 is 1.62 bits per heavy atom. The molecule has 0 amide bonds. The SMILES string of the molecule is O=C(O)COc1ccc(C2(Nc3nc(Cc4ccc(C(=O)CCC5(CN6CCCC6)CC5)cc4)nc(OCC(F)(F)F)n3)CC2)cc1. The number of hydrogen-bond acceptors (Lipinski definition) is 9. The maximum absolute atomic E-state index is 13.0. The molecule has 0 unspecified atom stereocenters. The number of anilines is 1. The minimum Gasteiger partial charge on any atom is -0.482 e.